The monoisotopic (exact) mass is 412 g/mol. The van der Waals surface area contributed by atoms with Crippen molar-refractivity contribution >= 4 is 27.4 Å². The highest BCUT2D eigenvalue weighted by atomic mass is 32.2. The molecule has 1 aliphatic carbocycles. The number of hydrazone groups is 1. The second kappa shape index (κ2) is 9.37. The van der Waals surface area contributed by atoms with Crippen LogP contribution in [0.3, 0.4) is 0 Å². The Labute approximate surface area is 167 Å². The molecule has 0 aromatic carbocycles. The molecule has 0 aromatic rings. The van der Waals surface area contributed by atoms with Crippen LogP contribution in [0.4, 0.5) is 0 Å². The van der Waals surface area contributed by atoms with E-state index in [4.69, 9.17) is 4.74 Å². The fraction of sp³-hybridized carbons (Fsp3) is 0.850. The van der Waals surface area contributed by atoms with Gasteiger partial charge in [0.15, 0.2) is 9.84 Å². The lowest BCUT2D eigenvalue weighted by molar-refractivity contribution is -0.138. The third-order valence-corrected chi connectivity index (χ3v) is 7.98. The lowest BCUT2D eigenvalue weighted by Crippen LogP contribution is -2.42. The molecule has 1 atom stereocenters. The number of esters is 1. The molecule has 0 unspecified atom stereocenters. The molecule has 158 valence electrons. The highest BCUT2D eigenvalue weighted by Gasteiger charge is 2.37. The first-order valence-electron chi connectivity index (χ1n) is 10.6. The van der Waals surface area contributed by atoms with Crippen molar-refractivity contribution in [1.82, 2.24) is 5.01 Å². The predicted molar refractivity (Wildman–Crippen MR) is 107 cm³/mol. The Balaban J connectivity index is 1.49. The van der Waals surface area contributed by atoms with E-state index in [1.165, 1.54) is 37.1 Å². The van der Waals surface area contributed by atoms with E-state index in [0.717, 1.165) is 18.8 Å². The lowest BCUT2D eigenvalue weighted by Gasteiger charge is -2.29. The van der Waals surface area contributed by atoms with E-state index >= 15 is 0 Å². The van der Waals surface area contributed by atoms with Gasteiger partial charge < -0.3 is 4.74 Å². The molecular formula is C20H32N2O5S. The summed E-state index contributed by atoms with van der Waals surface area (Å²) in [6.45, 7) is 2.63. The standard InChI is InChI=1S/C20H32N2O5S/c1-2-3-4-15-5-7-16(8-6-15)13-27-20(24)18-9-10-19(23)22(21-18)17-11-12-28(25,26)14-17/h15-17H,2-14H2,1H3/t15?,16?,17-/m1/s1. The Morgan fingerprint density at radius 3 is 2.50 bits per heavy atom. The summed E-state index contributed by atoms with van der Waals surface area (Å²) in [5.41, 5.74) is 0.237. The minimum Gasteiger partial charge on any atom is -0.461 e. The minimum atomic E-state index is -3.12. The van der Waals surface area contributed by atoms with Crippen LogP contribution in [0.1, 0.15) is 71.1 Å². The van der Waals surface area contributed by atoms with Gasteiger partial charge in [-0.25, -0.2) is 18.2 Å². The molecule has 2 aliphatic heterocycles. The van der Waals surface area contributed by atoms with Gasteiger partial charge in [0.25, 0.3) is 0 Å². The largest absolute Gasteiger partial charge is 0.461 e. The van der Waals surface area contributed by atoms with Gasteiger partial charge in [0.05, 0.1) is 24.2 Å². The molecule has 1 saturated heterocycles. The van der Waals surface area contributed by atoms with Crippen molar-refractivity contribution in [2.45, 2.75) is 77.2 Å². The molecule has 8 heteroatoms. The zero-order valence-corrected chi connectivity index (χ0v) is 17.6. The summed E-state index contributed by atoms with van der Waals surface area (Å²) in [4.78, 5) is 24.6. The van der Waals surface area contributed by atoms with Crippen molar-refractivity contribution in [3.05, 3.63) is 0 Å². The second-order valence-corrected chi connectivity index (χ2v) is 10.7. The molecular weight excluding hydrogens is 380 g/mol. The van der Waals surface area contributed by atoms with E-state index in [2.05, 4.69) is 12.0 Å². The Hall–Kier alpha value is -1.44. The van der Waals surface area contributed by atoms with E-state index in [-0.39, 0.29) is 36.0 Å². The Kier molecular flexibility index (Phi) is 7.12. The van der Waals surface area contributed by atoms with Crippen LogP contribution in [0.15, 0.2) is 5.10 Å². The van der Waals surface area contributed by atoms with Crippen molar-refractivity contribution in [1.29, 1.82) is 0 Å². The molecule has 3 rings (SSSR count). The third-order valence-electron chi connectivity index (χ3n) is 6.23. The fourth-order valence-corrected chi connectivity index (χ4v) is 6.12. The molecule has 0 N–H and O–H groups in total. The summed E-state index contributed by atoms with van der Waals surface area (Å²) >= 11 is 0. The number of hydrogen-bond acceptors (Lipinski definition) is 6. The first-order chi connectivity index (χ1) is 13.4. The predicted octanol–water partition coefficient (Wildman–Crippen LogP) is 2.69. The van der Waals surface area contributed by atoms with Crippen LogP contribution < -0.4 is 0 Å². The number of carbonyl (C=O) groups is 2. The van der Waals surface area contributed by atoms with Crippen molar-refractivity contribution in [3.63, 3.8) is 0 Å². The van der Waals surface area contributed by atoms with Gasteiger partial charge in [-0.2, -0.15) is 5.10 Å². The minimum absolute atomic E-state index is 0.0671. The number of nitrogens with zero attached hydrogens (tertiary/aromatic N) is 2. The van der Waals surface area contributed by atoms with E-state index in [1.54, 1.807) is 0 Å². The molecule has 0 spiro atoms. The first-order valence-corrected chi connectivity index (χ1v) is 12.5. The number of ether oxygens (including phenoxy) is 1. The molecule has 28 heavy (non-hydrogen) atoms. The van der Waals surface area contributed by atoms with Crippen LogP contribution in [0.2, 0.25) is 0 Å². The molecule has 1 saturated carbocycles. The highest BCUT2D eigenvalue weighted by molar-refractivity contribution is 7.91. The number of sulfone groups is 1. The maximum Gasteiger partial charge on any atom is 0.354 e. The van der Waals surface area contributed by atoms with Gasteiger partial charge in [-0.05, 0) is 31.1 Å². The molecule has 0 bridgehead atoms. The smallest absolute Gasteiger partial charge is 0.354 e. The van der Waals surface area contributed by atoms with Crippen molar-refractivity contribution < 1.29 is 22.7 Å². The quantitative estimate of drug-likeness (QED) is 0.599. The third kappa shape index (κ3) is 5.55. The van der Waals surface area contributed by atoms with Crippen LogP contribution in [-0.4, -0.2) is 55.2 Å². The van der Waals surface area contributed by atoms with Crippen LogP contribution in [0, 0.1) is 11.8 Å². The van der Waals surface area contributed by atoms with Crippen LogP contribution in [-0.2, 0) is 24.2 Å². The molecule has 2 heterocycles. The SMILES string of the molecule is CCCCC1CCC(COC(=O)C2=NN([C@@H]3CCS(=O)(=O)C3)C(=O)CC2)CC1. The average molecular weight is 413 g/mol. The molecule has 1 amide bonds. The zero-order chi connectivity index (χ0) is 20.1. The Morgan fingerprint density at radius 1 is 1.14 bits per heavy atom. The van der Waals surface area contributed by atoms with E-state index in [1.807, 2.05) is 0 Å². The zero-order valence-electron chi connectivity index (χ0n) is 16.8. The topological polar surface area (TPSA) is 93.1 Å². The van der Waals surface area contributed by atoms with Gasteiger partial charge in [0.1, 0.15) is 5.71 Å². The van der Waals surface area contributed by atoms with E-state index in [0.29, 0.717) is 18.9 Å². The van der Waals surface area contributed by atoms with Gasteiger partial charge in [0, 0.05) is 12.8 Å². The number of rotatable bonds is 7. The molecule has 7 nitrogen and oxygen atoms in total. The molecule has 0 radical (unpaired) electrons. The van der Waals surface area contributed by atoms with Crippen LogP contribution in [0.5, 0.6) is 0 Å². The Morgan fingerprint density at radius 2 is 1.86 bits per heavy atom. The fourth-order valence-electron chi connectivity index (χ4n) is 4.43. The maximum absolute atomic E-state index is 12.4. The van der Waals surface area contributed by atoms with Crippen LogP contribution in [0.25, 0.3) is 0 Å². The average Bonchev–Trinajstić information content (AvgIpc) is 3.05. The summed E-state index contributed by atoms with van der Waals surface area (Å²) in [5.74, 6) is 0.528. The summed E-state index contributed by atoms with van der Waals surface area (Å²) in [6.07, 6.45) is 9.26. The summed E-state index contributed by atoms with van der Waals surface area (Å²) < 4.78 is 28.9. The van der Waals surface area contributed by atoms with Gasteiger partial charge >= 0.3 is 5.97 Å². The van der Waals surface area contributed by atoms with Crippen molar-refractivity contribution in [2.75, 3.05) is 18.1 Å². The summed E-state index contributed by atoms with van der Waals surface area (Å²) in [6, 6.07) is -0.459. The van der Waals surface area contributed by atoms with Crippen molar-refractivity contribution in [2.24, 2.45) is 16.9 Å². The molecule has 3 aliphatic rings. The lowest BCUT2D eigenvalue weighted by atomic mass is 9.80. The number of hydrogen-bond donors (Lipinski definition) is 0. The number of amides is 1. The van der Waals surface area contributed by atoms with Gasteiger partial charge in [-0.3, -0.25) is 4.79 Å². The van der Waals surface area contributed by atoms with E-state index in [9.17, 15) is 18.0 Å². The normalized spacial score (nSPS) is 30.2. The highest BCUT2D eigenvalue weighted by Crippen LogP contribution is 2.32. The number of unbranched alkanes of at least 4 members (excludes halogenated alkanes) is 1. The maximum atomic E-state index is 12.4. The summed E-state index contributed by atoms with van der Waals surface area (Å²) in [7, 11) is -3.12. The van der Waals surface area contributed by atoms with Crippen LogP contribution >= 0.6 is 0 Å². The van der Waals surface area contributed by atoms with Gasteiger partial charge in [-0.1, -0.05) is 39.0 Å². The first kappa shape index (κ1) is 21.3. The van der Waals surface area contributed by atoms with Gasteiger partial charge in [0.2, 0.25) is 5.91 Å². The Bertz CT molecular complexity index is 710. The molecule has 2 fully saturated rings. The summed E-state index contributed by atoms with van der Waals surface area (Å²) in [5, 5.41) is 5.39. The van der Waals surface area contributed by atoms with Gasteiger partial charge in [-0.15, -0.1) is 0 Å². The second-order valence-electron chi connectivity index (χ2n) is 8.47. The van der Waals surface area contributed by atoms with Crippen molar-refractivity contribution in [3.8, 4) is 0 Å². The van der Waals surface area contributed by atoms with E-state index < -0.39 is 21.8 Å². The molecule has 0 aromatic heterocycles. The number of carbonyl (C=O) groups excluding carboxylic acids is 2.